The summed E-state index contributed by atoms with van der Waals surface area (Å²) in [7, 11) is 0. The van der Waals surface area contributed by atoms with Crippen molar-refractivity contribution in [3.63, 3.8) is 0 Å². The van der Waals surface area contributed by atoms with E-state index in [1.54, 1.807) is 18.2 Å². The number of para-hydroxylation sites is 1. The van der Waals surface area contributed by atoms with Gasteiger partial charge in [-0.1, -0.05) is 69.0 Å². The van der Waals surface area contributed by atoms with Gasteiger partial charge in [0.15, 0.2) is 5.84 Å². The number of unbranched alkanes of at least 4 members (excludes halogenated alkanes) is 4. The summed E-state index contributed by atoms with van der Waals surface area (Å²) in [5, 5.41) is 17.0. The van der Waals surface area contributed by atoms with Crippen LogP contribution in [0.15, 0.2) is 70.4 Å². The van der Waals surface area contributed by atoms with Gasteiger partial charge in [-0.15, -0.1) is 0 Å². The van der Waals surface area contributed by atoms with E-state index in [4.69, 9.17) is 5.41 Å². The second-order valence-electron chi connectivity index (χ2n) is 9.00. The average Bonchev–Trinajstić information content (AvgIpc) is 3.44. The van der Waals surface area contributed by atoms with Crippen LogP contribution in [0, 0.1) is 11.2 Å². The first-order valence-electron chi connectivity index (χ1n) is 12.4. The minimum absolute atomic E-state index is 0.0319. The Morgan fingerprint density at radius 1 is 1.06 bits per heavy atom. The van der Waals surface area contributed by atoms with Crippen LogP contribution in [0.25, 0.3) is 17.0 Å². The standard InChI is InChI=1S/C28H28FN5OS/c1-2-3-4-5-6-15-25-32-34-26(30)22(27(35)31-28(34)36-25)16-20-18-33(24-14-10-8-12-21(20)24)17-19-11-7-9-13-23(19)29/h7-14,16,18,30H,2-6,15,17H2,1H3/b22-16+,30-26?. The SMILES string of the molecule is CCCCCCCC1=NN2C(=N)/C(=C\c3cn(Cc4ccccc4F)c4ccccc34)C(=O)N=C2S1. The van der Waals surface area contributed by atoms with Crippen LogP contribution in [0.5, 0.6) is 0 Å². The maximum absolute atomic E-state index is 14.3. The lowest BCUT2D eigenvalue weighted by Crippen LogP contribution is -2.35. The number of nitrogens with zero attached hydrogens (tertiary/aromatic N) is 4. The van der Waals surface area contributed by atoms with Gasteiger partial charge < -0.3 is 4.57 Å². The quantitative estimate of drug-likeness (QED) is 0.259. The number of fused-ring (bicyclic) bond motifs is 2. The van der Waals surface area contributed by atoms with Crippen molar-refractivity contribution in [1.82, 2.24) is 9.58 Å². The lowest BCUT2D eigenvalue weighted by atomic mass is 10.1. The fourth-order valence-corrected chi connectivity index (χ4v) is 5.43. The molecule has 0 unspecified atom stereocenters. The van der Waals surface area contributed by atoms with Crippen molar-refractivity contribution in [2.75, 3.05) is 0 Å². The molecule has 0 fully saturated rings. The van der Waals surface area contributed by atoms with Crippen LogP contribution >= 0.6 is 11.8 Å². The molecule has 0 spiro atoms. The van der Waals surface area contributed by atoms with Crippen LogP contribution in [0.3, 0.4) is 0 Å². The predicted molar refractivity (Wildman–Crippen MR) is 146 cm³/mol. The first kappa shape index (κ1) is 24.2. The molecule has 0 aliphatic carbocycles. The van der Waals surface area contributed by atoms with Gasteiger partial charge in [0.25, 0.3) is 5.91 Å². The third-order valence-electron chi connectivity index (χ3n) is 6.41. The topological polar surface area (TPSA) is 73.8 Å². The molecule has 0 saturated heterocycles. The lowest BCUT2D eigenvalue weighted by Gasteiger charge is -2.20. The number of halogens is 1. The van der Waals surface area contributed by atoms with Gasteiger partial charge in [-0.25, -0.2) is 4.39 Å². The number of nitrogens with one attached hydrogen (secondary N) is 1. The summed E-state index contributed by atoms with van der Waals surface area (Å²) in [5.41, 5.74) is 2.48. The van der Waals surface area contributed by atoms with Crippen LogP contribution in [0.4, 0.5) is 4.39 Å². The normalized spacial score (nSPS) is 16.6. The smallest absolute Gasteiger partial charge is 0.283 e. The number of rotatable bonds is 9. The highest BCUT2D eigenvalue weighted by atomic mass is 32.2. The molecule has 0 radical (unpaired) electrons. The largest absolute Gasteiger partial charge is 0.342 e. The summed E-state index contributed by atoms with van der Waals surface area (Å²) in [6.45, 7) is 2.56. The first-order chi connectivity index (χ1) is 17.5. The van der Waals surface area contributed by atoms with E-state index < -0.39 is 5.91 Å². The number of aliphatic imine (C=N–C) groups is 1. The van der Waals surface area contributed by atoms with Gasteiger partial charge in [0.1, 0.15) is 10.9 Å². The molecule has 36 heavy (non-hydrogen) atoms. The number of hydrogen-bond acceptors (Lipinski definition) is 4. The molecular weight excluding hydrogens is 473 g/mol. The van der Waals surface area contributed by atoms with E-state index in [-0.39, 0.29) is 17.2 Å². The predicted octanol–water partition coefficient (Wildman–Crippen LogP) is 6.81. The van der Waals surface area contributed by atoms with E-state index in [1.807, 2.05) is 41.1 Å². The second kappa shape index (κ2) is 10.6. The lowest BCUT2D eigenvalue weighted by molar-refractivity contribution is -0.114. The summed E-state index contributed by atoms with van der Waals surface area (Å²) in [4.78, 5) is 17.2. The van der Waals surface area contributed by atoms with Crippen LogP contribution < -0.4 is 0 Å². The van der Waals surface area contributed by atoms with Crippen LogP contribution in [-0.4, -0.2) is 31.5 Å². The Balaban J connectivity index is 1.41. The Morgan fingerprint density at radius 2 is 1.83 bits per heavy atom. The summed E-state index contributed by atoms with van der Waals surface area (Å²) in [6.07, 6.45) is 10.3. The molecule has 1 N–H and O–H groups in total. The molecule has 2 aliphatic heterocycles. The summed E-state index contributed by atoms with van der Waals surface area (Å²) >= 11 is 1.38. The van der Waals surface area contributed by atoms with E-state index in [1.165, 1.54) is 42.1 Å². The van der Waals surface area contributed by atoms with E-state index in [2.05, 4.69) is 17.0 Å². The fourth-order valence-electron chi connectivity index (χ4n) is 4.50. The number of amides is 1. The number of hydrogen-bond donors (Lipinski definition) is 1. The number of carbonyl (C=O) groups is 1. The number of thioether (sulfide) groups is 1. The van der Waals surface area contributed by atoms with Gasteiger partial charge in [0, 0.05) is 28.2 Å². The third-order valence-corrected chi connectivity index (χ3v) is 7.38. The van der Waals surface area contributed by atoms with E-state index in [0.717, 1.165) is 40.8 Å². The van der Waals surface area contributed by atoms with Crippen LogP contribution in [0.1, 0.15) is 56.6 Å². The zero-order chi connectivity index (χ0) is 25.1. The van der Waals surface area contributed by atoms with Crippen molar-refractivity contribution in [2.24, 2.45) is 10.1 Å². The van der Waals surface area contributed by atoms with Crippen molar-refractivity contribution < 1.29 is 9.18 Å². The van der Waals surface area contributed by atoms with Crippen LogP contribution in [-0.2, 0) is 11.3 Å². The molecule has 8 heteroatoms. The van der Waals surface area contributed by atoms with Crippen molar-refractivity contribution in [3.8, 4) is 0 Å². The van der Waals surface area contributed by atoms with Gasteiger partial charge in [-0.05, 0) is 42.8 Å². The minimum atomic E-state index is -0.441. The second-order valence-corrected chi connectivity index (χ2v) is 10.0. The van der Waals surface area contributed by atoms with Crippen molar-refractivity contribution in [1.29, 1.82) is 5.41 Å². The minimum Gasteiger partial charge on any atom is -0.342 e. The molecule has 2 aliphatic rings. The van der Waals surface area contributed by atoms with E-state index in [9.17, 15) is 9.18 Å². The number of carbonyl (C=O) groups excluding carboxylic acids is 1. The third kappa shape index (κ3) is 4.91. The Labute approximate surface area is 214 Å². The molecule has 1 amide bonds. The number of aromatic nitrogens is 1. The highest BCUT2D eigenvalue weighted by molar-refractivity contribution is 8.26. The number of benzene rings is 2. The van der Waals surface area contributed by atoms with E-state index in [0.29, 0.717) is 17.3 Å². The zero-order valence-corrected chi connectivity index (χ0v) is 21.0. The van der Waals surface area contributed by atoms with Crippen molar-refractivity contribution in [2.45, 2.75) is 52.0 Å². The Kier molecular flexibility index (Phi) is 7.13. The summed E-state index contributed by atoms with van der Waals surface area (Å²) < 4.78 is 16.3. The van der Waals surface area contributed by atoms with Crippen molar-refractivity contribution in [3.05, 3.63) is 77.2 Å². The molecule has 184 valence electrons. The molecule has 3 heterocycles. The fraction of sp³-hybridized carbons (Fsp3) is 0.286. The van der Waals surface area contributed by atoms with Crippen LogP contribution in [0.2, 0.25) is 0 Å². The first-order valence-corrected chi connectivity index (χ1v) is 13.2. The Hall–Kier alpha value is -3.52. The molecule has 5 rings (SSSR count). The maximum Gasteiger partial charge on any atom is 0.283 e. The van der Waals surface area contributed by atoms with E-state index >= 15 is 0 Å². The molecule has 0 bridgehead atoms. The van der Waals surface area contributed by atoms with Gasteiger partial charge >= 0.3 is 0 Å². The highest BCUT2D eigenvalue weighted by Gasteiger charge is 2.35. The maximum atomic E-state index is 14.3. The van der Waals surface area contributed by atoms with Crippen molar-refractivity contribution >= 4 is 50.7 Å². The van der Waals surface area contributed by atoms with Gasteiger partial charge in [0.05, 0.1) is 12.1 Å². The average molecular weight is 502 g/mol. The van der Waals surface area contributed by atoms with Gasteiger partial charge in [-0.3, -0.25) is 10.2 Å². The molecule has 0 saturated carbocycles. The molecule has 3 aromatic rings. The Bertz CT molecular complexity index is 1420. The summed E-state index contributed by atoms with van der Waals surface area (Å²) in [6, 6.07) is 14.5. The summed E-state index contributed by atoms with van der Waals surface area (Å²) in [5.74, 6) is -0.666. The number of amidine groups is 2. The molecule has 6 nitrogen and oxygen atoms in total. The molecule has 0 atom stereocenters. The van der Waals surface area contributed by atoms with Gasteiger partial charge in [0.2, 0.25) is 5.17 Å². The molecule has 1 aromatic heterocycles. The number of hydrazone groups is 1. The van der Waals surface area contributed by atoms with Gasteiger partial charge in [-0.2, -0.15) is 15.1 Å². The zero-order valence-electron chi connectivity index (χ0n) is 20.2. The molecule has 2 aromatic carbocycles. The Morgan fingerprint density at radius 3 is 2.67 bits per heavy atom. The monoisotopic (exact) mass is 501 g/mol. The highest BCUT2D eigenvalue weighted by Crippen LogP contribution is 2.32. The molecular formula is C28H28FN5OS.